The third-order valence-electron chi connectivity index (χ3n) is 19.9. The van der Waals surface area contributed by atoms with E-state index < -0.39 is 93.9 Å². The maximum absolute atomic E-state index is 13.4. The molecule has 0 aromatic rings. The summed E-state index contributed by atoms with van der Waals surface area (Å²) in [4.78, 5) is 44.1. The van der Waals surface area contributed by atoms with E-state index in [1.165, 1.54) is 6.08 Å². The smallest absolute Gasteiger partial charge is 0.400 e. The van der Waals surface area contributed by atoms with E-state index in [9.17, 15) is 92.3 Å². The number of rotatable bonds is 4. The normalized spacial score (nSPS) is 48.7. The predicted molar refractivity (Wildman–Crippen MR) is 193 cm³/mol. The van der Waals surface area contributed by atoms with E-state index in [4.69, 9.17) is 0 Å². The summed E-state index contributed by atoms with van der Waals surface area (Å²) < 4.78 is 156. The molecule has 12 bridgehead atoms. The summed E-state index contributed by atoms with van der Waals surface area (Å²) in [6, 6.07) is 0. The largest absolute Gasteiger partial charge is 0.549 e. The molecule has 12 rings (SSSR count). The van der Waals surface area contributed by atoms with Crippen LogP contribution in [-0.2, 0) is 19.2 Å². The van der Waals surface area contributed by atoms with Gasteiger partial charge < -0.3 is 39.6 Å². The van der Waals surface area contributed by atoms with Crippen LogP contribution in [0.15, 0.2) is 24.3 Å². The summed E-state index contributed by atoms with van der Waals surface area (Å²) in [5.74, 6) is -9.30. The zero-order valence-electron chi connectivity index (χ0n) is 35.2. The molecule has 12 aliphatic rings. The molecule has 8 nitrogen and oxygen atoms in total. The van der Waals surface area contributed by atoms with Crippen LogP contribution in [0.4, 0.5) is 52.7 Å². The van der Waals surface area contributed by atoms with Gasteiger partial charge in [0.05, 0.1) is 23.9 Å². The number of carbonyl (C=O) groups excluding carboxylic acids is 4. The first kappa shape index (κ1) is 47.6. The number of hydrogen-bond acceptors (Lipinski definition) is 8. The van der Waals surface area contributed by atoms with Crippen molar-refractivity contribution in [2.75, 3.05) is 0 Å². The van der Waals surface area contributed by atoms with Crippen LogP contribution in [0, 0.1) is 116 Å². The van der Waals surface area contributed by atoms with Gasteiger partial charge in [0.25, 0.3) is 0 Å². The number of carbonyl (C=O) groups is 4. The lowest BCUT2D eigenvalue weighted by Gasteiger charge is -2.47. The van der Waals surface area contributed by atoms with Crippen molar-refractivity contribution in [3.05, 3.63) is 24.3 Å². The molecular weight excluding hydrogens is 908 g/mol. The minimum atomic E-state index is -4.71. The lowest BCUT2D eigenvalue weighted by Crippen LogP contribution is -2.58. The van der Waals surface area contributed by atoms with Crippen molar-refractivity contribution in [2.24, 2.45) is 116 Å². The fraction of sp³-hybridized carbons (Fsp3) is 0.826. The molecule has 10 saturated carbocycles. The van der Waals surface area contributed by atoms with Crippen molar-refractivity contribution in [3.63, 3.8) is 0 Å². The first-order valence-electron chi connectivity index (χ1n) is 23.0. The average molecular weight is 957 g/mol. The van der Waals surface area contributed by atoms with Crippen molar-refractivity contribution in [2.45, 2.75) is 115 Å². The number of halogens is 12. The highest BCUT2D eigenvalue weighted by atomic mass is 19.4. The van der Waals surface area contributed by atoms with Crippen LogP contribution in [0.5, 0.6) is 0 Å². The van der Waals surface area contributed by atoms with Crippen LogP contribution in [0.2, 0.25) is 0 Å². The molecule has 12 aliphatic carbocycles. The zero-order valence-corrected chi connectivity index (χ0v) is 35.2. The molecule has 66 heavy (non-hydrogen) atoms. The molecule has 20 heteroatoms. The molecule has 0 aromatic heterocycles. The van der Waals surface area contributed by atoms with Gasteiger partial charge in [-0.25, -0.2) is 0 Å². The Morgan fingerprint density at radius 3 is 1.26 bits per heavy atom. The topological polar surface area (TPSA) is 161 Å². The summed E-state index contributed by atoms with van der Waals surface area (Å²) in [5.41, 5.74) is -10.3. The van der Waals surface area contributed by atoms with E-state index in [2.05, 4.69) is 6.08 Å². The average Bonchev–Trinajstić information content (AvgIpc) is 4.06. The molecule has 0 radical (unpaired) electrons. The highest BCUT2D eigenvalue weighted by Gasteiger charge is 2.76. The molecule has 0 amide bonds. The standard InChI is InChI=1S/C14H17F3O2.C14H15F3O2.C9H11F3O2.C9H9F3O2/c2*15-14(16,17)13(12(18)19)5-8-4-9(13)11-7-2-1-6(3-7)10(8)11;2*10-9(11,12)8(7(13)14)4-5-1-2-6(8)3-5/h6-11H,1-5H2,(H,18,19);1-2,6-11H,3-5H2,(H,18,19);5-6H,1-4H2,(H,13,14);1-2,5-6H,3-4H2,(H,13,14)/p-4. The summed E-state index contributed by atoms with van der Waals surface area (Å²) in [6.07, 6.45) is -5.97. The summed E-state index contributed by atoms with van der Waals surface area (Å²) in [5, 5.41) is 44.1. The SMILES string of the molecule is O=C([O-])C1(C(F)(F)F)CC2C=CC1C2.O=C([O-])C1(C(F)(F)F)CC2CC1C1C3C=CC(C3)C21.O=C([O-])C1(C(F)(F)F)CC2CC1C1C3CCC(C3)C21.O=C([O-])C1(C(F)(F)F)CC2CCC1C2. The Morgan fingerprint density at radius 2 is 0.879 bits per heavy atom. The Hall–Kier alpha value is -3.48. The van der Waals surface area contributed by atoms with Gasteiger partial charge in [-0.2, -0.15) is 52.7 Å². The second-order valence-corrected chi connectivity index (χ2v) is 22.0. The molecule has 0 aliphatic heterocycles. The van der Waals surface area contributed by atoms with Crippen molar-refractivity contribution in [1.82, 2.24) is 0 Å². The van der Waals surface area contributed by atoms with Gasteiger partial charge in [0.15, 0.2) is 0 Å². The Balaban J connectivity index is 0.000000112. The Labute approximate surface area is 371 Å². The maximum atomic E-state index is 13.4. The number of hydrogen-bond donors (Lipinski definition) is 0. The van der Waals surface area contributed by atoms with E-state index in [-0.39, 0.29) is 79.4 Å². The van der Waals surface area contributed by atoms with Gasteiger partial charge in [0, 0.05) is 0 Å². The van der Waals surface area contributed by atoms with Gasteiger partial charge in [-0.05, 0) is 178 Å². The van der Waals surface area contributed by atoms with Crippen LogP contribution in [0.3, 0.4) is 0 Å². The molecule has 0 spiro atoms. The number of aliphatic carboxylic acids is 4. The minimum Gasteiger partial charge on any atom is -0.549 e. The number of carboxylic acid groups (broad SMARTS) is 4. The predicted octanol–water partition coefficient (Wildman–Crippen LogP) is 5.74. The Kier molecular flexibility index (Phi) is 10.8. The third-order valence-corrected chi connectivity index (χ3v) is 19.9. The van der Waals surface area contributed by atoms with Gasteiger partial charge in [-0.15, -0.1) is 0 Å². The molecule has 20 unspecified atom stereocenters. The fourth-order valence-corrected chi connectivity index (χ4v) is 17.6. The molecule has 368 valence electrons. The van der Waals surface area contributed by atoms with Crippen LogP contribution in [0.25, 0.3) is 0 Å². The number of fused-ring (bicyclic) bond motifs is 22. The third kappa shape index (κ3) is 6.30. The molecule has 0 aromatic carbocycles. The lowest BCUT2D eigenvalue weighted by atomic mass is 9.60. The summed E-state index contributed by atoms with van der Waals surface area (Å²) >= 11 is 0. The van der Waals surface area contributed by atoms with Gasteiger partial charge in [0.1, 0.15) is 21.7 Å². The number of allylic oxidation sites excluding steroid dienone is 4. The van der Waals surface area contributed by atoms with Crippen LogP contribution < -0.4 is 20.4 Å². The van der Waals surface area contributed by atoms with Crippen molar-refractivity contribution < 1.29 is 92.3 Å². The molecule has 0 saturated heterocycles. The van der Waals surface area contributed by atoms with Gasteiger partial charge in [-0.1, -0.05) is 30.7 Å². The quantitative estimate of drug-likeness (QED) is 0.196. The number of alkyl halides is 12. The van der Waals surface area contributed by atoms with Crippen LogP contribution in [0.1, 0.15) is 89.9 Å². The first-order valence-corrected chi connectivity index (χ1v) is 23.0. The Morgan fingerprint density at radius 1 is 0.409 bits per heavy atom. The van der Waals surface area contributed by atoms with E-state index >= 15 is 0 Å². The molecule has 10 fully saturated rings. The monoisotopic (exact) mass is 956 g/mol. The number of carboxylic acids is 4. The summed E-state index contributed by atoms with van der Waals surface area (Å²) in [7, 11) is 0. The van der Waals surface area contributed by atoms with Crippen molar-refractivity contribution in [3.8, 4) is 0 Å². The molecule has 0 N–H and O–H groups in total. The molecule has 0 heterocycles. The lowest BCUT2D eigenvalue weighted by molar-refractivity contribution is -0.353. The van der Waals surface area contributed by atoms with E-state index in [0.717, 1.165) is 32.1 Å². The fourth-order valence-electron chi connectivity index (χ4n) is 17.6. The summed E-state index contributed by atoms with van der Waals surface area (Å²) in [6.45, 7) is 0. The molecule has 20 atom stereocenters. The van der Waals surface area contributed by atoms with Gasteiger partial charge in [0.2, 0.25) is 0 Å². The van der Waals surface area contributed by atoms with Crippen LogP contribution in [-0.4, -0.2) is 48.6 Å². The highest BCUT2D eigenvalue weighted by molar-refractivity contribution is 5.77. The van der Waals surface area contributed by atoms with Crippen LogP contribution >= 0.6 is 0 Å². The molecular formula is C46H48F12O8-4. The van der Waals surface area contributed by atoms with Crippen molar-refractivity contribution >= 4 is 23.9 Å². The minimum absolute atomic E-state index is 0.00275. The van der Waals surface area contributed by atoms with Gasteiger partial charge in [-0.3, -0.25) is 0 Å². The van der Waals surface area contributed by atoms with Gasteiger partial charge >= 0.3 is 24.7 Å². The zero-order chi connectivity index (χ0) is 48.3. The van der Waals surface area contributed by atoms with E-state index in [1.54, 1.807) is 6.08 Å². The Bertz CT molecular complexity index is 2080. The second-order valence-electron chi connectivity index (χ2n) is 22.0. The maximum Gasteiger partial charge on any atom is 0.400 e. The van der Waals surface area contributed by atoms with Crippen molar-refractivity contribution in [1.29, 1.82) is 0 Å². The van der Waals surface area contributed by atoms with E-state index in [1.807, 2.05) is 6.08 Å². The highest BCUT2D eigenvalue weighted by Crippen LogP contribution is 2.75. The van der Waals surface area contributed by atoms with E-state index in [0.29, 0.717) is 49.4 Å². The first-order chi connectivity index (χ1) is 30.5. The second kappa shape index (κ2) is 15.0.